The Morgan fingerprint density at radius 2 is 1.96 bits per heavy atom. The standard InChI is InChI=1S/C18H22N4O3.ClH/c1-21-16-12(11-4-3-9-19-10-11)5-2-6-13(16)22(18(21)25)14-7-8-15(23)20-17(14)24;/h2,5-6,11,14,19H,3-4,7-10H2,1H3,(H,20,23,24);1H. The van der Waals surface area contributed by atoms with Gasteiger partial charge in [-0.1, -0.05) is 12.1 Å². The number of rotatable bonds is 2. The summed E-state index contributed by atoms with van der Waals surface area (Å²) >= 11 is 0. The molecule has 2 amide bonds. The van der Waals surface area contributed by atoms with E-state index in [1.165, 1.54) is 0 Å². The largest absolute Gasteiger partial charge is 0.329 e. The molecule has 2 aliphatic heterocycles. The van der Waals surface area contributed by atoms with Crippen LogP contribution in [0.3, 0.4) is 0 Å². The Labute approximate surface area is 157 Å². The van der Waals surface area contributed by atoms with Gasteiger partial charge in [0, 0.05) is 20.0 Å². The molecule has 140 valence electrons. The molecule has 1 aromatic carbocycles. The molecule has 2 aliphatic rings. The fourth-order valence-electron chi connectivity index (χ4n) is 4.15. The van der Waals surface area contributed by atoms with Gasteiger partial charge < -0.3 is 5.32 Å². The summed E-state index contributed by atoms with van der Waals surface area (Å²) in [7, 11) is 1.76. The molecule has 2 saturated heterocycles. The first-order chi connectivity index (χ1) is 12.1. The van der Waals surface area contributed by atoms with Crippen molar-refractivity contribution in [3.63, 3.8) is 0 Å². The number of nitrogens with zero attached hydrogens (tertiary/aromatic N) is 2. The highest BCUT2D eigenvalue weighted by molar-refractivity contribution is 6.00. The normalized spacial score (nSPS) is 23.6. The number of hydrogen-bond acceptors (Lipinski definition) is 4. The van der Waals surface area contributed by atoms with Gasteiger partial charge in [-0.15, -0.1) is 12.4 Å². The van der Waals surface area contributed by atoms with E-state index >= 15 is 0 Å². The molecule has 2 unspecified atom stereocenters. The Hall–Kier alpha value is -2.12. The third-order valence-electron chi connectivity index (χ3n) is 5.39. The minimum atomic E-state index is -0.631. The number of imide groups is 1. The number of piperidine rings is 2. The van der Waals surface area contributed by atoms with E-state index < -0.39 is 11.9 Å². The van der Waals surface area contributed by atoms with Crippen LogP contribution >= 0.6 is 12.4 Å². The Morgan fingerprint density at radius 1 is 1.15 bits per heavy atom. The lowest BCUT2D eigenvalue weighted by Crippen LogP contribution is -2.44. The average molecular weight is 379 g/mol. The van der Waals surface area contributed by atoms with Gasteiger partial charge in [-0.25, -0.2) is 4.79 Å². The maximum absolute atomic E-state index is 12.9. The van der Waals surface area contributed by atoms with Gasteiger partial charge in [0.15, 0.2) is 0 Å². The Balaban J connectivity index is 0.00000196. The zero-order chi connectivity index (χ0) is 17.6. The molecular weight excluding hydrogens is 356 g/mol. The minimum Gasteiger partial charge on any atom is -0.316 e. The van der Waals surface area contributed by atoms with Gasteiger partial charge in [0.2, 0.25) is 11.8 Å². The van der Waals surface area contributed by atoms with Crippen LogP contribution in [0, 0.1) is 0 Å². The highest BCUT2D eigenvalue weighted by Crippen LogP contribution is 2.31. The number of amides is 2. The quantitative estimate of drug-likeness (QED) is 0.769. The van der Waals surface area contributed by atoms with Crippen molar-refractivity contribution in [2.45, 2.75) is 37.6 Å². The molecule has 1 aromatic heterocycles. The number of imidazole rings is 1. The maximum Gasteiger partial charge on any atom is 0.329 e. The molecule has 0 saturated carbocycles. The summed E-state index contributed by atoms with van der Waals surface area (Å²) in [5.74, 6) is -0.306. The predicted molar refractivity (Wildman–Crippen MR) is 101 cm³/mol. The van der Waals surface area contributed by atoms with E-state index in [4.69, 9.17) is 0 Å². The number of aromatic nitrogens is 2. The lowest BCUT2D eigenvalue weighted by atomic mass is 9.90. The molecule has 4 rings (SSSR count). The number of fused-ring (bicyclic) bond motifs is 1. The lowest BCUT2D eigenvalue weighted by Gasteiger charge is -2.24. The number of carbonyl (C=O) groups excluding carboxylic acids is 2. The zero-order valence-corrected chi connectivity index (χ0v) is 15.5. The summed E-state index contributed by atoms with van der Waals surface area (Å²) in [4.78, 5) is 36.6. The maximum atomic E-state index is 12.9. The van der Waals surface area contributed by atoms with Gasteiger partial charge in [0.25, 0.3) is 0 Å². The molecule has 7 nitrogen and oxygen atoms in total. The van der Waals surface area contributed by atoms with E-state index in [-0.39, 0.29) is 30.4 Å². The second kappa shape index (κ2) is 7.25. The summed E-state index contributed by atoms with van der Waals surface area (Å²) in [5.41, 5.74) is 2.60. The highest BCUT2D eigenvalue weighted by atomic mass is 35.5. The van der Waals surface area contributed by atoms with Gasteiger partial charge in [0.1, 0.15) is 6.04 Å². The van der Waals surface area contributed by atoms with Crippen molar-refractivity contribution in [2.75, 3.05) is 13.1 Å². The minimum absolute atomic E-state index is 0. The van der Waals surface area contributed by atoms with E-state index in [9.17, 15) is 14.4 Å². The molecular formula is C18H23ClN4O3. The molecule has 2 N–H and O–H groups in total. The number of nitrogens with one attached hydrogen (secondary N) is 2. The van der Waals surface area contributed by atoms with Crippen molar-refractivity contribution < 1.29 is 9.59 Å². The molecule has 0 radical (unpaired) electrons. The first kappa shape index (κ1) is 18.7. The number of carbonyl (C=O) groups is 2. The summed E-state index contributed by atoms with van der Waals surface area (Å²) in [6.45, 7) is 1.93. The molecule has 2 atom stereocenters. The van der Waals surface area contributed by atoms with Crippen molar-refractivity contribution >= 4 is 35.3 Å². The lowest BCUT2D eigenvalue weighted by molar-refractivity contribution is -0.135. The number of hydrogen-bond donors (Lipinski definition) is 2. The van der Waals surface area contributed by atoms with Crippen LogP contribution in [0.5, 0.6) is 0 Å². The Morgan fingerprint density at radius 3 is 2.65 bits per heavy atom. The molecule has 8 heteroatoms. The molecule has 2 fully saturated rings. The zero-order valence-electron chi connectivity index (χ0n) is 14.7. The molecule has 0 aliphatic carbocycles. The van der Waals surface area contributed by atoms with Crippen LogP contribution in [-0.2, 0) is 16.6 Å². The second-order valence-corrected chi connectivity index (χ2v) is 6.94. The fraction of sp³-hybridized carbons (Fsp3) is 0.500. The second-order valence-electron chi connectivity index (χ2n) is 6.94. The van der Waals surface area contributed by atoms with E-state index in [1.807, 2.05) is 12.1 Å². The van der Waals surface area contributed by atoms with Gasteiger partial charge in [-0.3, -0.25) is 24.0 Å². The summed E-state index contributed by atoms with van der Waals surface area (Å²) < 4.78 is 3.19. The van der Waals surface area contributed by atoms with Crippen LogP contribution in [0.2, 0.25) is 0 Å². The van der Waals surface area contributed by atoms with Crippen LogP contribution < -0.4 is 16.3 Å². The number of halogens is 1. The predicted octanol–water partition coefficient (Wildman–Crippen LogP) is 1.21. The Bertz CT molecular complexity index is 911. The van der Waals surface area contributed by atoms with Gasteiger partial charge in [-0.2, -0.15) is 0 Å². The highest BCUT2D eigenvalue weighted by Gasteiger charge is 2.32. The average Bonchev–Trinajstić information content (AvgIpc) is 2.87. The van der Waals surface area contributed by atoms with Gasteiger partial charge in [0.05, 0.1) is 11.0 Å². The number of aryl methyl sites for hydroxylation is 1. The van der Waals surface area contributed by atoms with Crippen molar-refractivity contribution in [1.82, 2.24) is 19.8 Å². The third-order valence-corrected chi connectivity index (χ3v) is 5.39. The van der Waals surface area contributed by atoms with Crippen molar-refractivity contribution in [3.8, 4) is 0 Å². The number of para-hydroxylation sites is 1. The molecule has 3 heterocycles. The third kappa shape index (κ3) is 2.95. The summed E-state index contributed by atoms with van der Waals surface area (Å²) in [6.07, 6.45) is 2.82. The fourth-order valence-corrected chi connectivity index (χ4v) is 4.15. The van der Waals surface area contributed by atoms with Crippen LogP contribution in [0.15, 0.2) is 23.0 Å². The van der Waals surface area contributed by atoms with E-state index in [2.05, 4.69) is 16.7 Å². The molecule has 0 bridgehead atoms. The SMILES string of the molecule is Cl.Cn1c(=O)n(C2CCC(=O)NC2=O)c2cccc(C3CCCNC3)c21. The monoisotopic (exact) mass is 378 g/mol. The van der Waals surface area contributed by atoms with Crippen LogP contribution in [-0.4, -0.2) is 34.0 Å². The van der Waals surface area contributed by atoms with Crippen LogP contribution in [0.1, 0.15) is 43.2 Å². The van der Waals surface area contributed by atoms with Crippen molar-refractivity contribution in [1.29, 1.82) is 0 Å². The Kier molecular flexibility index (Phi) is 5.20. The molecule has 2 aromatic rings. The van der Waals surface area contributed by atoms with Crippen LogP contribution in [0.4, 0.5) is 0 Å². The van der Waals surface area contributed by atoms with E-state index in [1.54, 1.807) is 16.2 Å². The van der Waals surface area contributed by atoms with Crippen molar-refractivity contribution in [3.05, 3.63) is 34.2 Å². The number of benzene rings is 1. The van der Waals surface area contributed by atoms with E-state index in [0.29, 0.717) is 12.3 Å². The van der Waals surface area contributed by atoms with E-state index in [0.717, 1.165) is 42.5 Å². The van der Waals surface area contributed by atoms with Gasteiger partial charge >= 0.3 is 5.69 Å². The van der Waals surface area contributed by atoms with Crippen molar-refractivity contribution in [2.24, 2.45) is 7.05 Å². The van der Waals surface area contributed by atoms with Crippen LogP contribution in [0.25, 0.3) is 11.0 Å². The summed E-state index contributed by atoms with van der Waals surface area (Å²) in [6, 6.07) is 5.29. The van der Waals surface area contributed by atoms with Gasteiger partial charge in [-0.05, 0) is 43.4 Å². The summed E-state index contributed by atoms with van der Waals surface area (Å²) in [5, 5.41) is 5.77. The topological polar surface area (TPSA) is 85.1 Å². The first-order valence-corrected chi connectivity index (χ1v) is 8.82. The smallest absolute Gasteiger partial charge is 0.316 e. The molecule has 26 heavy (non-hydrogen) atoms. The molecule has 0 spiro atoms. The first-order valence-electron chi connectivity index (χ1n) is 8.82.